The first-order chi connectivity index (χ1) is 7.65. The minimum absolute atomic E-state index is 0.0639. The number of rotatable bonds is 2. The summed E-state index contributed by atoms with van der Waals surface area (Å²) in [6.45, 7) is 5.34. The van der Waals surface area contributed by atoms with Crippen molar-refractivity contribution in [1.29, 1.82) is 0 Å². The number of piperidine rings is 1. The van der Waals surface area contributed by atoms with Crippen LogP contribution < -0.4 is 5.32 Å². The van der Waals surface area contributed by atoms with Crippen LogP contribution >= 0.6 is 0 Å². The van der Waals surface area contributed by atoms with E-state index in [1.165, 1.54) is 6.42 Å². The van der Waals surface area contributed by atoms with Crippen LogP contribution in [0.3, 0.4) is 0 Å². The van der Waals surface area contributed by atoms with Crippen molar-refractivity contribution in [1.82, 2.24) is 5.32 Å². The molecule has 0 aromatic heterocycles. The molecule has 1 aliphatic heterocycles. The van der Waals surface area contributed by atoms with Crippen molar-refractivity contribution in [2.45, 2.75) is 39.2 Å². The molecule has 1 heterocycles. The van der Waals surface area contributed by atoms with Gasteiger partial charge in [0, 0.05) is 6.04 Å². The molecular weight excluding hydrogens is 201 g/mol. The van der Waals surface area contributed by atoms with Crippen molar-refractivity contribution in [3.8, 4) is 0 Å². The Kier molecular flexibility index (Phi) is 3.59. The summed E-state index contributed by atoms with van der Waals surface area (Å²) >= 11 is 0. The minimum atomic E-state index is -0.0639. The summed E-state index contributed by atoms with van der Waals surface area (Å²) in [6.07, 6.45) is 3.24. The summed E-state index contributed by atoms with van der Waals surface area (Å²) in [7, 11) is 0. The highest BCUT2D eigenvalue weighted by atomic mass is 19.1. The molecule has 0 aliphatic carbocycles. The lowest BCUT2D eigenvalue weighted by Crippen LogP contribution is -2.39. The summed E-state index contributed by atoms with van der Waals surface area (Å²) in [6, 6.07) is 5.83. The van der Waals surface area contributed by atoms with Crippen molar-refractivity contribution in [2.75, 3.05) is 6.54 Å². The van der Waals surface area contributed by atoms with Gasteiger partial charge in [-0.25, -0.2) is 4.39 Å². The van der Waals surface area contributed by atoms with E-state index in [4.69, 9.17) is 0 Å². The maximum absolute atomic E-state index is 13.6. The Balaban J connectivity index is 2.00. The number of benzene rings is 1. The number of aryl methyl sites for hydroxylation is 1. The van der Waals surface area contributed by atoms with Gasteiger partial charge in [-0.2, -0.15) is 0 Å². The molecule has 1 N–H and O–H groups in total. The summed E-state index contributed by atoms with van der Waals surface area (Å²) in [4.78, 5) is 0. The Hall–Kier alpha value is -0.890. The first kappa shape index (κ1) is 11.6. The van der Waals surface area contributed by atoms with Crippen LogP contribution in [0.25, 0.3) is 0 Å². The van der Waals surface area contributed by atoms with Gasteiger partial charge < -0.3 is 5.32 Å². The largest absolute Gasteiger partial charge is 0.313 e. The maximum Gasteiger partial charge on any atom is 0.126 e. The number of halogens is 1. The second-order valence-corrected chi connectivity index (χ2v) is 5.09. The highest BCUT2D eigenvalue weighted by Gasteiger charge is 2.18. The van der Waals surface area contributed by atoms with Gasteiger partial charge in [0.05, 0.1) is 0 Å². The third kappa shape index (κ3) is 2.82. The van der Waals surface area contributed by atoms with Gasteiger partial charge in [0.25, 0.3) is 0 Å². The molecule has 88 valence electrons. The van der Waals surface area contributed by atoms with E-state index < -0.39 is 0 Å². The van der Waals surface area contributed by atoms with Crippen LogP contribution in [-0.4, -0.2) is 12.6 Å². The first-order valence-corrected chi connectivity index (χ1v) is 6.13. The van der Waals surface area contributed by atoms with Crippen LogP contribution in [-0.2, 0) is 6.42 Å². The molecule has 2 unspecified atom stereocenters. The Morgan fingerprint density at radius 1 is 1.38 bits per heavy atom. The first-order valence-electron chi connectivity index (χ1n) is 6.13. The summed E-state index contributed by atoms with van der Waals surface area (Å²) in [5, 5.41) is 3.50. The quantitative estimate of drug-likeness (QED) is 0.809. The van der Waals surface area contributed by atoms with Gasteiger partial charge in [-0.1, -0.05) is 24.6 Å². The molecule has 1 fully saturated rings. The van der Waals surface area contributed by atoms with Crippen molar-refractivity contribution in [3.63, 3.8) is 0 Å². The van der Waals surface area contributed by atoms with Crippen LogP contribution in [0.2, 0.25) is 0 Å². The van der Waals surface area contributed by atoms with Crippen LogP contribution in [0.1, 0.15) is 30.9 Å². The van der Waals surface area contributed by atoms with Gasteiger partial charge in [0.1, 0.15) is 5.82 Å². The van der Waals surface area contributed by atoms with Crippen molar-refractivity contribution < 1.29 is 4.39 Å². The molecule has 0 bridgehead atoms. The molecule has 2 heteroatoms. The van der Waals surface area contributed by atoms with Crippen molar-refractivity contribution in [3.05, 3.63) is 35.1 Å². The fourth-order valence-corrected chi connectivity index (χ4v) is 2.36. The lowest BCUT2D eigenvalue weighted by atomic mass is 9.92. The minimum Gasteiger partial charge on any atom is -0.313 e. The van der Waals surface area contributed by atoms with Gasteiger partial charge in [0.2, 0.25) is 0 Å². The van der Waals surface area contributed by atoms with E-state index >= 15 is 0 Å². The Bertz CT molecular complexity index is 354. The fourth-order valence-electron chi connectivity index (χ4n) is 2.36. The number of nitrogens with one attached hydrogen (secondary N) is 1. The number of hydrogen-bond donors (Lipinski definition) is 1. The van der Waals surface area contributed by atoms with Gasteiger partial charge in [-0.15, -0.1) is 0 Å². The molecule has 16 heavy (non-hydrogen) atoms. The lowest BCUT2D eigenvalue weighted by molar-refractivity contribution is 0.324. The van der Waals surface area contributed by atoms with Gasteiger partial charge in [-0.3, -0.25) is 0 Å². The van der Waals surface area contributed by atoms with Crippen LogP contribution in [0.15, 0.2) is 18.2 Å². The normalized spacial score (nSPS) is 25.7. The van der Waals surface area contributed by atoms with E-state index in [-0.39, 0.29) is 5.82 Å². The smallest absolute Gasteiger partial charge is 0.126 e. The molecule has 1 nitrogen and oxygen atoms in total. The van der Waals surface area contributed by atoms with Gasteiger partial charge in [-0.05, 0) is 50.3 Å². The van der Waals surface area contributed by atoms with Crippen LogP contribution in [0.4, 0.5) is 4.39 Å². The summed E-state index contributed by atoms with van der Waals surface area (Å²) in [5.74, 6) is 0.699. The molecule has 0 saturated carbocycles. The van der Waals surface area contributed by atoms with Crippen LogP contribution in [0, 0.1) is 18.7 Å². The van der Waals surface area contributed by atoms with Crippen molar-refractivity contribution in [2.24, 2.45) is 5.92 Å². The molecule has 2 rings (SSSR count). The molecule has 1 aromatic rings. The second kappa shape index (κ2) is 4.96. The van der Waals surface area contributed by atoms with E-state index in [0.29, 0.717) is 6.04 Å². The van der Waals surface area contributed by atoms with E-state index in [2.05, 4.69) is 12.2 Å². The monoisotopic (exact) mass is 221 g/mol. The zero-order valence-corrected chi connectivity index (χ0v) is 10.1. The topological polar surface area (TPSA) is 12.0 Å². The molecule has 1 aliphatic rings. The zero-order chi connectivity index (χ0) is 11.5. The fraction of sp³-hybridized carbons (Fsp3) is 0.571. The van der Waals surface area contributed by atoms with Crippen molar-refractivity contribution >= 4 is 0 Å². The predicted molar refractivity (Wildman–Crippen MR) is 65.0 cm³/mol. The highest BCUT2D eigenvalue weighted by molar-refractivity contribution is 5.24. The molecule has 0 spiro atoms. The third-order valence-corrected chi connectivity index (χ3v) is 3.43. The molecule has 1 saturated heterocycles. The van der Waals surface area contributed by atoms with Crippen LogP contribution in [0.5, 0.6) is 0 Å². The van der Waals surface area contributed by atoms with Gasteiger partial charge >= 0.3 is 0 Å². The SMILES string of the molecule is Cc1ccc(F)c(CC2CCC(C)CN2)c1. The van der Waals surface area contributed by atoms with E-state index in [0.717, 1.165) is 36.4 Å². The average Bonchev–Trinajstić information content (AvgIpc) is 2.27. The zero-order valence-electron chi connectivity index (χ0n) is 10.1. The molecule has 0 amide bonds. The summed E-state index contributed by atoms with van der Waals surface area (Å²) in [5.41, 5.74) is 1.99. The molecule has 0 radical (unpaired) electrons. The number of hydrogen-bond acceptors (Lipinski definition) is 1. The molecular formula is C14H20FN. The standard InChI is InChI=1S/C14H20FN/c1-10-4-6-14(15)12(7-10)8-13-5-3-11(2)9-16-13/h4,6-7,11,13,16H,3,5,8-9H2,1-2H3. The van der Waals surface area contributed by atoms with E-state index in [1.807, 2.05) is 19.1 Å². The average molecular weight is 221 g/mol. The third-order valence-electron chi connectivity index (χ3n) is 3.43. The summed E-state index contributed by atoms with van der Waals surface area (Å²) < 4.78 is 13.6. The van der Waals surface area contributed by atoms with E-state index in [9.17, 15) is 4.39 Å². The Labute approximate surface area is 97.1 Å². The van der Waals surface area contributed by atoms with Gasteiger partial charge in [0.15, 0.2) is 0 Å². The predicted octanol–water partition coefficient (Wildman–Crippen LogP) is 3.06. The Morgan fingerprint density at radius 2 is 2.19 bits per heavy atom. The maximum atomic E-state index is 13.6. The highest BCUT2D eigenvalue weighted by Crippen LogP contribution is 2.19. The Morgan fingerprint density at radius 3 is 2.88 bits per heavy atom. The molecule has 2 atom stereocenters. The second-order valence-electron chi connectivity index (χ2n) is 5.09. The lowest BCUT2D eigenvalue weighted by Gasteiger charge is -2.28. The van der Waals surface area contributed by atoms with E-state index in [1.54, 1.807) is 6.07 Å². The molecule has 1 aromatic carbocycles.